The first kappa shape index (κ1) is 18.6. The van der Waals surface area contributed by atoms with Gasteiger partial charge in [-0.1, -0.05) is 18.3 Å². The zero-order valence-electron chi connectivity index (χ0n) is 14.7. The van der Waals surface area contributed by atoms with Crippen LogP contribution in [0, 0.1) is 0 Å². The Bertz CT molecular complexity index is 724. The normalized spacial score (nSPS) is 19.6. The van der Waals surface area contributed by atoms with Crippen molar-refractivity contribution in [2.24, 2.45) is 0 Å². The molecule has 1 fully saturated rings. The standard InChI is InChI=1S/C18H23N3O4S/c1-12(26)19-9-16-10-21(18(24)25-16)15-3-2-13-4-6-20(17(23)11-22)7-5-14(13)8-15/h2-3,8,16,22H,4-7,9-11H2,1H3,(H,19,26). The van der Waals surface area contributed by atoms with E-state index in [-0.39, 0.29) is 18.1 Å². The predicted molar refractivity (Wildman–Crippen MR) is 101 cm³/mol. The van der Waals surface area contributed by atoms with Crippen LogP contribution in [0.3, 0.4) is 0 Å². The van der Waals surface area contributed by atoms with E-state index in [9.17, 15) is 9.59 Å². The molecule has 0 radical (unpaired) electrons. The summed E-state index contributed by atoms with van der Waals surface area (Å²) in [5.74, 6) is -0.245. The van der Waals surface area contributed by atoms with Gasteiger partial charge in [0.2, 0.25) is 5.91 Å². The Morgan fingerprint density at radius 1 is 1.35 bits per heavy atom. The number of benzene rings is 1. The summed E-state index contributed by atoms with van der Waals surface area (Å²) in [6.07, 6.45) is 0.848. The molecule has 0 bridgehead atoms. The van der Waals surface area contributed by atoms with Crippen molar-refractivity contribution in [1.29, 1.82) is 0 Å². The van der Waals surface area contributed by atoms with E-state index in [1.807, 2.05) is 18.2 Å². The van der Waals surface area contributed by atoms with E-state index < -0.39 is 6.61 Å². The third kappa shape index (κ3) is 4.13. The van der Waals surface area contributed by atoms with Crippen LogP contribution in [0.5, 0.6) is 0 Å². The van der Waals surface area contributed by atoms with E-state index in [1.165, 1.54) is 5.56 Å². The summed E-state index contributed by atoms with van der Waals surface area (Å²) in [6.45, 7) is 3.48. The molecule has 1 aromatic rings. The molecule has 1 saturated heterocycles. The minimum absolute atomic E-state index is 0.239. The second kappa shape index (κ2) is 8.01. The van der Waals surface area contributed by atoms with Crippen LogP contribution in [-0.2, 0) is 22.4 Å². The molecule has 2 amide bonds. The van der Waals surface area contributed by atoms with Crippen molar-refractivity contribution in [3.63, 3.8) is 0 Å². The summed E-state index contributed by atoms with van der Waals surface area (Å²) in [5, 5.41) is 12.1. The quantitative estimate of drug-likeness (QED) is 0.758. The third-order valence-corrected chi connectivity index (χ3v) is 4.89. The number of thiocarbonyl (C=S) groups is 1. The Balaban J connectivity index is 1.70. The summed E-state index contributed by atoms with van der Waals surface area (Å²) < 4.78 is 5.39. The number of aliphatic hydroxyl groups excluding tert-OH is 1. The Hall–Kier alpha value is -2.19. The molecular formula is C18H23N3O4S. The van der Waals surface area contributed by atoms with E-state index in [2.05, 4.69) is 5.32 Å². The van der Waals surface area contributed by atoms with Gasteiger partial charge in [-0.25, -0.2) is 4.79 Å². The Kier molecular flexibility index (Phi) is 5.73. The molecule has 3 rings (SSSR count). The second-order valence-corrected chi connectivity index (χ2v) is 7.16. The van der Waals surface area contributed by atoms with Crippen molar-refractivity contribution < 1.29 is 19.4 Å². The van der Waals surface area contributed by atoms with Crippen LogP contribution < -0.4 is 10.2 Å². The maximum absolute atomic E-state index is 12.2. The van der Waals surface area contributed by atoms with Crippen LogP contribution in [0.25, 0.3) is 0 Å². The predicted octanol–water partition coefficient (Wildman–Crippen LogP) is 0.868. The molecule has 0 aromatic heterocycles. The van der Waals surface area contributed by atoms with E-state index in [0.717, 1.165) is 17.7 Å². The van der Waals surface area contributed by atoms with Gasteiger partial charge in [-0.2, -0.15) is 0 Å². The highest BCUT2D eigenvalue weighted by atomic mass is 32.1. The lowest BCUT2D eigenvalue weighted by Crippen LogP contribution is -2.35. The number of ether oxygens (including phenoxy) is 1. The third-order valence-electron chi connectivity index (χ3n) is 4.74. The number of hydrogen-bond acceptors (Lipinski definition) is 5. The van der Waals surface area contributed by atoms with Crippen LogP contribution in [0.15, 0.2) is 18.2 Å². The number of hydrogen-bond donors (Lipinski definition) is 2. The van der Waals surface area contributed by atoms with Gasteiger partial charge in [-0.15, -0.1) is 0 Å². The number of nitrogens with one attached hydrogen (secondary N) is 1. The molecule has 0 aliphatic carbocycles. The smallest absolute Gasteiger partial charge is 0.414 e. The number of rotatable bonds is 4. The molecule has 7 nitrogen and oxygen atoms in total. The largest absolute Gasteiger partial charge is 0.442 e. The van der Waals surface area contributed by atoms with Gasteiger partial charge in [0, 0.05) is 18.8 Å². The maximum Gasteiger partial charge on any atom is 0.414 e. The van der Waals surface area contributed by atoms with Gasteiger partial charge in [-0.3, -0.25) is 9.69 Å². The molecule has 1 unspecified atom stereocenters. The van der Waals surface area contributed by atoms with Crippen LogP contribution in [0.4, 0.5) is 10.5 Å². The average Bonchev–Trinajstić information content (AvgIpc) is 2.87. The number of nitrogens with zero attached hydrogens (tertiary/aromatic N) is 2. The molecule has 0 saturated carbocycles. The zero-order valence-corrected chi connectivity index (χ0v) is 15.6. The van der Waals surface area contributed by atoms with Crippen molar-refractivity contribution in [2.75, 3.05) is 37.7 Å². The van der Waals surface area contributed by atoms with Gasteiger partial charge in [0.1, 0.15) is 12.7 Å². The minimum Gasteiger partial charge on any atom is -0.442 e. The minimum atomic E-state index is -0.460. The van der Waals surface area contributed by atoms with E-state index in [4.69, 9.17) is 22.1 Å². The number of anilines is 1. The molecule has 2 N–H and O–H groups in total. The van der Waals surface area contributed by atoms with Crippen molar-refractivity contribution in [3.05, 3.63) is 29.3 Å². The lowest BCUT2D eigenvalue weighted by molar-refractivity contribution is -0.134. The number of amides is 2. The van der Waals surface area contributed by atoms with Gasteiger partial charge in [0.05, 0.1) is 18.1 Å². The first-order valence-electron chi connectivity index (χ1n) is 8.71. The lowest BCUT2D eigenvalue weighted by atomic mass is 10.0. The van der Waals surface area contributed by atoms with Gasteiger partial charge in [0.15, 0.2) is 0 Å². The Morgan fingerprint density at radius 3 is 2.77 bits per heavy atom. The van der Waals surface area contributed by atoms with Gasteiger partial charge in [0.25, 0.3) is 0 Å². The van der Waals surface area contributed by atoms with Crippen LogP contribution in [0.2, 0.25) is 0 Å². The van der Waals surface area contributed by atoms with Gasteiger partial charge < -0.3 is 20.1 Å². The highest BCUT2D eigenvalue weighted by Gasteiger charge is 2.32. The highest BCUT2D eigenvalue weighted by molar-refractivity contribution is 7.80. The fraction of sp³-hybridized carbons (Fsp3) is 0.500. The lowest BCUT2D eigenvalue weighted by Gasteiger charge is -2.18. The SMILES string of the molecule is CC(=S)NCC1CN(c2ccc3c(c2)CCN(C(=O)CO)CC3)C(=O)O1. The molecule has 8 heteroatoms. The van der Waals surface area contributed by atoms with Crippen molar-refractivity contribution in [1.82, 2.24) is 10.2 Å². The van der Waals surface area contributed by atoms with Gasteiger partial charge >= 0.3 is 6.09 Å². The Labute approximate surface area is 157 Å². The molecule has 1 aromatic carbocycles. The maximum atomic E-state index is 12.2. The molecule has 0 spiro atoms. The fourth-order valence-corrected chi connectivity index (χ4v) is 3.41. The van der Waals surface area contributed by atoms with E-state index in [1.54, 1.807) is 16.7 Å². The first-order valence-corrected chi connectivity index (χ1v) is 9.11. The number of carbonyl (C=O) groups is 2. The molecule has 2 heterocycles. The van der Waals surface area contributed by atoms with E-state index >= 15 is 0 Å². The van der Waals surface area contributed by atoms with Crippen LogP contribution in [0.1, 0.15) is 18.1 Å². The summed E-state index contributed by atoms with van der Waals surface area (Å²) >= 11 is 4.99. The van der Waals surface area contributed by atoms with Crippen LogP contribution >= 0.6 is 12.2 Å². The number of cyclic esters (lactones) is 1. The molecule has 140 valence electrons. The summed E-state index contributed by atoms with van der Waals surface area (Å²) in [4.78, 5) is 27.9. The van der Waals surface area contributed by atoms with E-state index in [0.29, 0.717) is 37.6 Å². The first-order chi connectivity index (χ1) is 12.5. The summed E-state index contributed by atoms with van der Waals surface area (Å²) in [7, 11) is 0. The highest BCUT2D eigenvalue weighted by Crippen LogP contribution is 2.26. The molecule has 26 heavy (non-hydrogen) atoms. The zero-order chi connectivity index (χ0) is 18.7. The summed E-state index contributed by atoms with van der Waals surface area (Å²) in [6, 6.07) is 5.94. The average molecular weight is 377 g/mol. The van der Waals surface area contributed by atoms with Crippen molar-refractivity contribution in [2.45, 2.75) is 25.9 Å². The van der Waals surface area contributed by atoms with Crippen molar-refractivity contribution in [3.8, 4) is 0 Å². The number of carbonyl (C=O) groups excluding carboxylic acids is 2. The molecular weight excluding hydrogens is 354 g/mol. The fourth-order valence-electron chi connectivity index (χ4n) is 3.33. The van der Waals surface area contributed by atoms with Gasteiger partial charge in [-0.05, 0) is 43.0 Å². The van der Waals surface area contributed by atoms with Crippen LogP contribution in [-0.4, -0.2) is 65.9 Å². The molecule has 1 atom stereocenters. The second-order valence-electron chi connectivity index (χ2n) is 6.55. The number of fused-ring (bicyclic) bond motifs is 1. The topological polar surface area (TPSA) is 82.1 Å². The van der Waals surface area contributed by atoms with Crippen molar-refractivity contribution >= 4 is 34.9 Å². The number of aliphatic hydroxyl groups is 1. The molecule has 2 aliphatic heterocycles. The molecule has 2 aliphatic rings. The monoisotopic (exact) mass is 377 g/mol. The summed E-state index contributed by atoms with van der Waals surface area (Å²) in [5.41, 5.74) is 3.10. The Morgan fingerprint density at radius 2 is 2.08 bits per heavy atom.